The summed E-state index contributed by atoms with van der Waals surface area (Å²) in [6, 6.07) is 7.86. The van der Waals surface area contributed by atoms with Gasteiger partial charge in [-0.25, -0.2) is 4.79 Å². The number of rotatable bonds is 1. The molecule has 112 valence electrons. The van der Waals surface area contributed by atoms with E-state index in [2.05, 4.69) is 0 Å². The van der Waals surface area contributed by atoms with E-state index in [0.29, 0.717) is 26.1 Å². The van der Waals surface area contributed by atoms with Crippen LogP contribution >= 0.6 is 0 Å². The Labute approximate surface area is 124 Å². The lowest BCUT2D eigenvalue weighted by Crippen LogP contribution is -2.50. The number of carbonyl (C=O) groups excluding carboxylic acids is 1. The molecule has 0 saturated carbocycles. The zero-order chi connectivity index (χ0) is 15.0. The fourth-order valence-electron chi connectivity index (χ4n) is 3.39. The molecule has 1 fully saturated rings. The van der Waals surface area contributed by atoms with Crippen molar-refractivity contribution in [2.45, 2.75) is 19.8 Å². The number of carbonyl (C=O) groups is 2. The van der Waals surface area contributed by atoms with Gasteiger partial charge in [-0.2, -0.15) is 0 Å². The number of fused-ring (bicyclic) bond motifs is 1. The molecular weight excluding hydrogens is 268 g/mol. The highest BCUT2D eigenvalue weighted by Crippen LogP contribution is 2.30. The third-order valence-corrected chi connectivity index (χ3v) is 4.40. The molecule has 5 heteroatoms. The van der Waals surface area contributed by atoms with Crippen molar-refractivity contribution in [3.8, 4) is 0 Å². The Morgan fingerprint density at radius 3 is 2.76 bits per heavy atom. The number of hydrogen-bond acceptors (Lipinski definition) is 2. The van der Waals surface area contributed by atoms with Crippen LogP contribution in [0, 0.1) is 11.8 Å². The minimum Gasteiger partial charge on any atom is -0.481 e. The summed E-state index contributed by atoms with van der Waals surface area (Å²) in [4.78, 5) is 27.5. The van der Waals surface area contributed by atoms with Crippen LogP contribution in [0.2, 0.25) is 0 Å². The van der Waals surface area contributed by atoms with Gasteiger partial charge in [-0.15, -0.1) is 0 Å². The summed E-state index contributed by atoms with van der Waals surface area (Å²) in [5.41, 5.74) is 2.15. The standard InChI is InChI=1S/C16H20N2O3/c1-11-8-13(15(19)20)10-17(9-11)16(21)18-7-6-12-4-2-3-5-14(12)18/h2-5,11,13H,6-10H2,1H3,(H,19,20). The van der Waals surface area contributed by atoms with E-state index in [1.807, 2.05) is 31.2 Å². The van der Waals surface area contributed by atoms with Gasteiger partial charge in [0.15, 0.2) is 0 Å². The van der Waals surface area contributed by atoms with Crippen molar-refractivity contribution in [3.05, 3.63) is 29.8 Å². The van der Waals surface area contributed by atoms with E-state index in [9.17, 15) is 14.7 Å². The van der Waals surface area contributed by atoms with Crippen LogP contribution in [0.3, 0.4) is 0 Å². The highest BCUT2D eigenvalue weighted by Gasteiger charge is 2.35. The van der Waals surface area contributed by atoms with E-state index in [0.717, 1.165) is 12.1 Å². The largest absolute Gasteiger partial charge is 0.481 e. The lowest BCUT2D eigenvalue weighted by molar-refractivity contribution is -0.143. The van der Waals surface area contributed by atoms with Gasteiger partial charge in [0.25, 0.3) is 0 Å². The zero-order valence-corrected chi connectivity index (χ0v) is 12.2. The molecule has 1 saturated heterocycles. The maximum Gasteiger partial charge on any atom is 0.324 e. The van der Waals surface area contributed by atoms with Crippen LogP contribution < -0.4 is 4.90 Å². The van der Waals surface area contributed by atoms with E-state index in [-0.39, 0.29) is 11.9 Å². The Bertz CT molecular complexity index is 572. The lowest BCUT2D eigenvalue weighted by Gasteiger charge is -2.37. The van der Waals surface area contributed by atoms with Crippen molar-refractivity contribution in [2.24, 2.45) is 11.8 Å². The zero-order valence-electron chi connectivity index (χ0n) is 12.2. The highest BCUT2D eigenvalue weighted by atomic mass is 16.4. The monoisotopic (exact) mass is 288 g/mol. The number of hydrogen-bond donors (Lipinski definition) is 1. The summed E-state index contributed by atoms with van der Waals surface area (Å²) in [6.07, 6.45) is 1.52. The highest BCUT2D eigenvalue weighted by molar-refractivity contribution is 5.94. The van der Waals surface area contributed by atoms with Gasteiger partial charge in [0.05, 0.1) is 5.92 Å². The van der Waals surface area contributed by atoms with Crippen LogP contribution in [-0.2, 0) is 11.2 Å². The number of urea groups is 1. The summed E-state index contributed by atoms with van der Waals surface area (Å²) in [7, 11) is 0. The average molecular weight is 288 g/mol. The second-order valence-corrected chi connectivity index (χ2v) is 6.09. The molecule has 2 unspecified atom stereocenters. The summed E-state index contributed by atoms with van der Waals surface area (Å²) < 4.78 is 0. The number of benzene rings is 1. The maximum absolute atomic E-state index is 12.7. The SMILES string of the molecule is CC1CC(C(=O)O)CN(C(=O)N2CCc3ccccc32)C1. The van der Waals surface area contributed by atoms with Crippen LogP contribution in [0.1, 0.15) is 18.9 Å². The number of aliphatic carboxylic acids is 1. The molecular formula is C16H20N2O3. The fraction of sp³-hybridized carbons (Fsp3) is 0.500. The van der Waals surface area contributed by atoms with Gasteiger partial charge < -0.3 is 10.0 Å². The number of nitrogens with zero attached hydrogens (tertiary/aromatic N) is 2. The van der Waals surface area contributed by atoms with E-state index >= 15 is 0 Å². The normalized spacial score (nSPS) is 24.8. The summed E-state index contributed by atoms with van der Waals surface area (Å²) >= 11 is 0. The summed E-state index contributed by atoms with van der Waals surface area (Å²) in [5.74, 6) is -1.03. The van der Waals surface area contributed by atoms with Gasteiger partial charge in [0.1, 0.15) is 0 Å². The molecule has 0 spiro atoms. The first-order valence-electron chi connectivity index (χ1n) is 7.43. The molecule has 0 aliphatic carbocycles. The summed E-state index contributed by atoms with van der Waals surface area (Å²) in [5, 5.41) is 9.23. The molecule has 2 heterocycles. The maximum atomic E-state index is 12.7. The predicted molar refractivity (Wildman–Crippen MR) is 79.4 cm³/mol. The van der Waals surface area contributed by atoms with Gasteiger partial charge in [-0.05, 0) is 30.4 Å². The molecule has 2 amide bonds. The molecule has 2 atom stereocenters. The second kappa shape index (κ2) is 5.39. The molecule has 1 aromatic rings. The van der Waals surface area contributed by atoms with Crippen molar-refractivity contribution in [1.82, 2.24) is 4.90 Å². The second-order valence-electron chi connectivity index (χ2n) is 6.09. The van der Waals surface area contributed by atoms with Gasteiger partial charge in [-0.1, -0.05) is 25.1 Å². The van der Waals surface area contributed by atoms with E-state index in [1.54, 1.807) is 9.80 Å². The van der Waals surface area contributed by atoms with Crippen LogP contribution in [0.4, 0.5) is 10.5 Å². The predicted octanol–water partition coefficient (Wildman–Crippen LogP) is 2.21. The first-order chi connectivity index (χ1) is 10.1. The Morgan fingerprint density at radius 1 is 1.24 bits per heavy atom. The average Bonchev–Trinajstić information content (AvgIpc) is 2.89. The van der Waals surface area contributed by atoms with Crippen molar-refractivity contribution in [1.29, 1.82) is 0 Å². The summed E-state index contributed by atoms with van der Waals surface area (Å²) in [6.45, 7) is 3.65. The Balaban J connectivity index is 1.78. The molecule has 0 aromatic heterocycles. The lowest BCUT2D eigenvalue weighted by atomic mass is 9.91. The Hall–Kier alpha value is -2.04. The van der Waals surface area contributed by atoms with Crippen molar-refractivity contribution in [3.63, 3.8) is 0 Å². The number of para-hydroxylation sites is 1. The Morgan fingerprint density at radius 2 is 2.00 bits per heavy atom. The smallest absolute Gasteiger partial charge is 0.324 e. The number of likely N-dealkylation sites (tertiary alicyclic amines) is 1. The van der Waals surface area contributed by atoms with E-state index in [4.69, 9.17) is 0 Å². The number of carboxylic acid groups (broad SMARTS) is 1. The van der Waals surface area contributed by atoms with E-state index in [1.165, 1.54) is 5.56 Å². The Kier molecular flexibility index (Phi) is 3.57. The molecule has 3 rings (SSSR count). The number of carboxylic acids is 1. The first kappa shape index (κ1) is 13.9. The molecule has 0 bridgehead atoms. The van der Waals surface area contributed by atoms with Crippen LogP contribution in [0.5, 0.6) is 0 Å². The number of amides is 2. The molecule has 1 N–H and O–H groups in total. The van der Waals surface area contributed by atoms with Crippen molar-refractivity contribution >= 4 is 17.7 Å². The third-order valence-electron chi connectivity index (χ3n) is 4.40. The van der Waals surface area contributed by atoms with Crippen molar-refractivity contribution in [2.75, 3.05) is 24.5 Å². The third kappa shape index (κ3) is 2.60. The fourth-order valence-corrected chi connectivity index (χ4v) is 3.39. The minimum absolute atomic E-state index is 0.0576. The van der Waals surface area contributed by atoms with Crippen LogP contribution in [-0.4, -0.2) is 41.6 Å². The first-order valence-corrected chi connectivity index (χ1v) is 7.43. The number of anilines is 1. The minimum atomic E-state index is -0.804. The molecule has 1 aromatic carbocycles. The van der Waals surface area contributed by atoms with Crippen LogP contribution in [0.25, 0.3) is 0 Å². The number of piperidine rings is 1. The van der Waals surface area contributed by atoms with Gasteiger partial charge >= 0.3 is 12.0 Å². The van der Waals surface area contributed by atoms with Gasteiger partial charge in [0, 0.05) is 25.3 Å². The molecule has 5 nitrogen and oxygen atoms in total. The van der Waals surface area contributed by atoms with Crippen molar-refractivity contribution < 1.29 is 14.7 Å². The van der Waals surface area contributed by atoms with Gasteiger partial charge in [0.2, 0.25) is 0 Å². The topological polar surface area (TPSA) is 60.9 Å². The van der Waals surface area contributed by atoms with Crippen LogP contribution in [0.15, 0.2) is 24.3 Å². The van der Waals surface area contributed by atoms with Gasteiger partial charge in [-0.3, -0.25) is 9.69 Å². The molecule has 2 aliphatic heterocycles. The molecule has 21 heavy (non-hydrogen) atoms. The molecule has 2 aliphatic rings. The molecule has 0 radical (unpaired) electrons. The van der Waals surface area contributed by atoms with E-state index < -0.39 is 11.9 Å². The quantitative estimate of drug-likeness (QED) is 0.862.